The van der Waals surface area contributed by atoms with Crippen molar-refractivity contribution in [2.24, 2.45) is 11.8 Å². The number of hydrogen-bond donors (Lipinski definition) is 3. The van der Waals surface area contributed by atoms with Gasteiger partial charge >= 0.3 is 0 Å². The molecule has 2 amide bonds. The normalized spacial score (nSPS) is 16.5. The van der Waals surface area contributed by atoms with Crippen LogP contribution in [0.5, 0.6) is 0 Å². The van der Waals surface area contributed by atoms with Crippen LogP contribution in [-0.4, -0.2) is 17.0 Å². The van der Waals surface area contributed by atoms with Crippen LogP contribution in [0, 0.1) is 11.8 Å². The van der Waals surface area contributed by atoms with E-state index >= 15 is 0 Å². The molecule has 1 atom stereocenters. The van der Waals surface area contributed by atoms with E-state index in [1.165, 1.54) is 0 Å². The highest BCUT2D eigenvalue weighted by molar-refractivity contribution is 5.93. The van der Waals surface area contributed by atoms with Crippen molar-refractivity contribution < 1.29 is 14.8 Å². The van der Waals surface area contributed by atoms with Gasteiger partial charge in [0.15, 0.2) is 0 Å². The first kappa shape index (κ1) is 16.5. The maximum atomic E-state index is 12.3. The molecule has 3 N–H and O–H groups in total. The summed E-state index contributed by atoms with van der Waals surface area (Å²) in [4.78, 5) is 23.7. The summed E-state index contributed by atoms with van der Waals surface area (Å²) in [6, 6.07) is 6.88. The molecule has 22 heavy (non-hydrogen) atoms. The topological polar surface area (TPSA) is 78.4 Å². The molecule has 5 nitrogen and oxygen atoms in total. The number of hydrogen-bond acceptors (Lipinski definition) is 3. The lowest BCUT2D eigenvalue weighted by Crippen LogP contribution is -2.35. The highest BCUT2D eigenvalue weighted by atomic mass is 16.5. The Bertz CT molecular complexity index is 519. The van der Waals surface area contributed by atoms with E-state index in [4.69, 9.17) is 5.21 Å². The van der Waals surface area contributed by atoms with Gasteiger partial charge in [-0.15, -0.1) is 0 Å². The number of benzene rings is 1. The molecular formula is C17H24N2O3. The maximum absolute atomic E-state index is 12.3. The standard InChI is InChI=1S/C17H24N2O3/c1-11(2)15(18-16(20)13-5-3-4-6-13)12-7-9-14(10-8-12)17(21)19-22/h7-11,13,15,22H,3-6H2,1-2H3,(H,18,20)(H,19,21). The lowest BCUT2D eigenvalue weighted by molar-refractivity contribution is -0.125. The van der Waals surface area contributed by atoms with E-state index in [1.54, 1.807) is 17.6 Å². The van der Waals surface area contributed by atoms with E-state index in [9.17, 15) is 9.59 Å². The Hall–Kier alpha value is -1.88. The third-order valence-electron chi connectivity index (χ3n) is 4.32. The Morgan fingerprint density at radius 1 is 1.14 bits per heavy atom. The quantitative estimate of drug-likeness (QED) is 0.578. The summed E-state index contributed by atoms with van der Waals surface area (Å²) in [5.41, 5.74) is 2.97. The van der Waals surface area contributed by atoms with Gasteiger partial charge in [-0.1, -0.05) is 38.8 Å². The van der Waals surface area contributed by atoms with Crippen LogP contribution >= 0.6 is 0 Å². The second kappa shape index (κ2) is 7.40. The summed E-state index contributed by atoms with van der Waals surface area (Å²) in [7, 11) is 0. The highest BCUT2D eigenvalue weighted by Gasteiger charge is 2.26. The molecule has 0 saturated heterocycles. The lowest BCUT2D eigenvalue weighted by Gasteiger charge is -2.24. The Balaban J connectivity index is 2.10. The van der Waals surface area contributed by atoms with Gasteiger partial charge in [-0.25, -0.2) is 5.48 Å². The van der Waals surface area contributed by atoms with Gasteiger partial charge in [0, 0.05) is 11.5 Å². The molecule has 0 bridgehead atoms. The second-order valence-corrected chi connectivity index (χ2v) is 6.27. The molecule has 5 heteroatoms. The van der Waals surface area contributed by atoms with Crippen molar-refractivity contribution in [1.82, 2.24) is 10.8 Å². The number of carbonyl (C=O) groups excluding carboxylic acids is 2. The SMILES string of the molecule is CC(C)C(NC(=O)C1CCCC1)c1ccc(C(=O)NO)cc1. The Labute approximate surface area is 131 Å². The summed E-state index contributed by atoms with van der Waals surface area (Å²) in [6.07, 6.45) is 4.23. The smallest absolute Gasteiger partial charge is 0.274 e. The Morgan fingerprint density at radius 3 is 2.23 bits per heavy atom. The van der Waals surface area contributed by atoms with E-state index < -0.39 is 5.91 Å². The van der Waals surface area contributed by atoms with Crippen LogP contribution < -0.4 is 10.8 Å². The molecule has 0 spiro atoms. The molecule has 120 valence electrons. The van der Waals surface area contributed by atoms with Crippen LogP contribution in [0.1, 0.15) is 61.5 Å². The minimum Gasteiger partial charge on any atom is -0.349 e. The Morgan fingerprint density at radius 2 is 1.73 bits per heavy atom. The van der Waals surface area contributed by atoms with Crippen LogP contribution in [0.15, 0.2) is 24.3 Å². The number of carbonyl (C=O) groups is 2. The van der Waals surface area contributed by atoms with Crippen molar-refractivity contribution in [2.45, 2.75) is 45.6 Å². The molecule has 2 rings (SSSR count). The first-order valence-corrected chi connectivity index (χ1v) is 7.87. The number of amides is 2. The molecule has 0 heterocycles. The van der Waals surface area contributed by atoms with Gasteiger partial charge in [-0.05, 0) is 36.5 Å². The third-order valence-corrected chi connectivity index (χ3v) is 4.32. The summed E-state index contributed by atoms with van der Waals surface area (Å²) in [6.45, 7) is 4.13. The highest BCUT2D eigenvalue weighted by Crippen LogP contribution is 2.28. The molecule has 1 aromatic carbocycles. The van der Waals surface area contributed by atoms with Gasteiger partial charge in [0.05, 0.1) is 6.04 Å². The van der Waals surface area contributed by atoms with Crippen LogP contribution in [-0.2, 0) is 4.79 Å². The summed E-state index contributed by atoms with van der Waals surface area (Å²) >= 11 is 0. The fourth-order valence-electron chi connectivity index (χ4n) is 3.00. The van der Waals surface area contributed by atoms with E-state index in [0.717, 1.165) is 31.2 Å². The zero-order chi connectivity index (χ0) is 16.1. The molecule has 0 aliphatic heterocycles. The molecule has 1 aliphatic rings. The second-order valence-electron chi connectivity index (χ2n) is 6.27. The average Bonchev–Trinajstić information content (AvgIpc) is 3.06. The molecule has 1 aliphatic carbocycles. The molecule has 1 unspecified atom stereocenters. The van der Waals surface area contributed by atoms with Crippen LogP contribution in [0.2, 0.25) is 0 Å². The van der Waals surface area contributed by atoms with Crippen molar-refractivity contribution >= 4 is 11.8 Å². The van der Waals surface area contributed by atoms with E-state index in [-0.39, 0.29) is 23.8 Å². The molecule has 0 aromatic heterocycles. The summed E-state index contributed by atoms with van der Waals surface area (Å²) in [5, 5.41) is 11.8. The molecule has 1 fully saturated rings. The lowest BCUT2D eigenvalue weighted by atomic mass is 9.94. The predicted octanol–water partition coefficient (Wildman–Crippen LogP) is 2.81. The van der Waals surface area contributed by atoms with Crippen molar-refractivity contribution in [3.63, 3.8) is 0 Å². The zero-order valence-corrected chi connectivity index (χ0v) is 13.1. The average molecular weight is 304 g/mol. The predicted molar refractivity (Wildman–Crippen MR) is 83.4 cm³/mol. The van der Waals surface area contributed by atoms with Crippen molar-refractivity contribution in [2.75, 3.05) is 0 Å². The fraction of sp³-hybridized carbons (Fsp3) is 0.529. The van der Waals surface area contributed by atoms with Crippen LogP contribution in [0.3, 0.4) is 0 Å². The maximum Gasteiger partial charge on any atom is 0.274 e. The third kappa shape index (κ3) is 3.85. The summed E-state index contributed by atoms with van der Waals surface area (Å²) in [5.74, 6) is -0.0143. The van der Waals surface area contributed by atoms with Crippen molar-refractivity contribution in [1.29, 1.82) is 0 Å². The number of hydroxylamine groups is 1. The van der Waals surface area contributed by atoms with Gasteiger partial charge in [-0.3, -0.25) is 14.8 Å². The first-order chi connectivity index (χ1) is 10.5. The largest absolute Gasteiger partial charge is 0.349 e. The summed E-state index contributed by atoms with van der Waals surface area (Å²) < 4.78 is 0. The van der Waals surface area contributed by atoms with Crippen molar-refractivity contribution in [3.05, 3.63) is 35.4 Å². The number of rotatable bonds is 5. The number of nitrogens with one attached hydrogen (secondary N) is 2. The molecular weight excluding hydrogens is 280 g/mol. The monoisotopic (exact) mass is 304 g/mol. The van der Waals surface area contributed by atoms with Crippen LogP contribution in [0.25, 0.3) is 0 Å². The van der Waals surface area contributed by atoms with Gasteiger partial charge in [0.25, 0.3) is 5.91 Å². The van der Waals surface area contributed by atoms with Gasteiger partial charge < -0.3 is 5.32 Å². The Kier molecular flexibility index (Phi) is 5.55. The minimum absolute atomic E-state index is 0.0701. The van der Waals surface area contributed by atoms with E-state index in [0.29, 0.717) is 5.56 Å². The first-order valence-electron chi connectivity index (χ1n) is 7.87. The molecule has 0 radical (unpaired) electrons. The van der Waals surface area contributed by atoms with Crippen molar-refractivity contribution in [3.8, 4) is 0 Å². The van der Waals surface area contributed by atoms with Crippen LogP contribution in [0.4, 0.5) is 0 Å². The van der Waals surface area contributed by atoms with Gasteiger partial charge in [-0.2, -0.15) is 0 Å². The van der Waals surface area contributed by atoms with E-state index in [2.05, 4.69) is 19.2 Å². The minimum atomic E-state index is -0.539. The fourth-order valence-corrected chi connectivity index (χ4v) is 3.00. The van der Waals surface area contributed by atoms with E-state index in [1.807, 2.05) is 12.1 Å². The molecule has 1 aromatic rings. The zero-order valence-electron chi connectivity index (χ0n) is 13.1. The molecule has 1 saturated carbocycles. The van der Waals surface area contributed by atoms with Gasteiger partial charge in [0.2, 0.25) is 5.91 Å². The van der Waals surface area contributed by atoms with Gasteiger partial charge in [0.1, 0.15) is 0 Å².